The Bertz CT molecular complexity index is 155. The van der Waals surface area contributed by atoms with Crippen molar-refractivity contribution in [2.45, 2.75) is 39.5 Å². The van der Waals surface area contributed by atoms with Crippen LogP contribution in [0.25, 0.3) is 0 Å². The van der Waals surface area contributed by atoms with Crippen LogP contribution in [-0.2, 0) is 9.53 Å². The molecule has 0 heterocycles. The molecule has 13 heavy (non-hydrogen) atoms. The van der Waals surface area contributed by atoms with Gasteiger partial charge < -0.3 is 4.74 Å². The van der Waals surface area contributed by atoms with Crippen molar-refractivity contribution >= 4 is 12.2 Å². The lowest BCUT2D eigenvalue weighted by atomic mass is 10.2. The van der Waals surface area contributed by atoms with Gasteiger partial charge in [0.2, 0.25) is 0 Å². The van der Waals surface area contributed by atoms with Gasteiger partial charge in [0.05, 0.1) is 6.61 Å². The highest BCUT2D eigenvalue weighted by molar-refractivity contribution is 6.23. The largest absolute Gasteiger partial charge is 0.462 e. The molecule has 0 atom stereocenters. The Hall–Kier alpha value is -0.860. The molecule has 0 N–H and O–H groups in total. The van der Waals surface area contributed by atoms with E-state index in [0.717, 1.165) is 13.0 Å². The summed E-state index contributed by atoms with van der Waals surface area (Å²) in [5.74, 6) is -0.335. The molecular weight excluding hydrogens is 166 g/mol. The highest BCUT2D eigenvalue weighted by Gasteiger charge is 1.92. The van der Waals surface area contributed by atoms with Gasteiger partial charge in [0, 0.05) is 6.54 Å². The number of esters is 1. The first-order chi connectivity index (χ1) is 6.31. The van der Waals surface area contributed by atoms with E-state index in [4.69, 9.17) is 0 Å². The third-order valence-corrected chi connectivity index (χ3v) is 1.62. The van der Waals surface area contributed by atoms with E-state index in [2.05, 4.69) is 16.7 Å². The van der Waals surface area contributed by atoms with E-state index >= 15 is 0 Å². The molecule has 0 aliphatic heterocycles. The molecule has 0 radical (unpaired) electrons. The lowest BCUT2D eigenvalue weighted by Crippen LogP contribution is -2.05. The number of hydrogen-bond acceptors (Lipinski definition) is 3. The summed E-state index contributed by atoms with van der Waals surface area (Å²) in [6.45, 7) is 5.11. The first-order valence-corrected chi connectivity index (χ1v) is 4.97. The minimum atomic E-state index is -0.335. The molecule has 0 aromatic carbocycles. The van der Waals surface area contributed by atoms with E-state index in [1.165, 1.54) is 25.5 Å². The summed E-state index contributed by atoms with van der Waals surface area (Å²) in [5, 5.41) is 0. The highest BCUT2D eigenvalue weighted by Crippen LogP contribution is 1.98. The Morgan fingerprint density at radius 2 is 2.08 bits per heavy atom. The van der Waals surface area contributed by atoms with Crippen molar-refractivity contribution in [1.82, 2.24) is 0 Å². The Labute approximate surface area is 80.2 Å². The monoisotopic (exact) mass is 185 g/mol. The number of ether oxygens (including phenoxy) is 1. The number of rotatable bonds is 7. The maximum absolute atomic E-state index is 10.8. The fourth-order valence-corrected chi connectivity index (χ4v) is 0.948. The predicted molar refractivity (Wildman–Crippen MR) is 54.1 cm³/mol. The number of hydrogen-bond donors (Lipinski definition) is 0. The van der Waals surface area contributed by atoms with Crippen LogP contribution in [0, 0.1) is 0 Å². The fourth-order valence-electron chi connectivity index (χ4n) is 0.948. The summed E-state index contributed by atoms with van der Waals surface area (Å²) >= 11 is 0. The lowest BCUT2D eigenvalue weighted by molar-refractivity contribution is -0.134. The number of carbonyl (C=O) groups is 1. The van der Waals surface area contributed by atoms with Gasteiger partial charge in [0.1, 0.15) is 6.21 Å². The van der Waals surface area contributed by atoms with E-state index in [-0.39, 0.29) is 5.97 Å². The summed E-state index contributed by atoms with van der Waals surface area (Å²) in [6, 6.07) is 0. The zero-order chi connectivity index (χ0) is 9.94. The molecule has 0 rings (SSSR count). The van der Waals surface area contributed by atoms with Crippen LogP contribution in [0.15, 0.2) is 4.99 Å². The van der Waals surface area contributed by atoms with Crippen molar-refractivity contribution in [2.75, 3.05) is 13.2 Å². The van der Waals surface area contributed by atoms with Gasteiger partial charge in [-0.3, -0.25) is 4.99 Å². The van der Waals surface area contributed by atoms with Crippen LogP contribution >= 0.6 is 0 Å². The maximum Gasteiger partial charge on any atom is 0.348 e. The van der Waals surface area contributed by atoms with Crippen LogP contribution < -0.4 is 0 Å². The van der Waals surface area contributed by atoms with Gasteiger partial charge >= 0.3 is 5.97 Å². The lowest BCUT2D eigenvalue weighted by Gasteiger charge is -1.95. The minimum Gasteiger partial charge on any atom is -0.462 e. The summed E-state index contributed by atoms with van der Waals surface area (Å²) in [4.78, 5) is 14.7. The molecule has 3 nitrogen and oxygen atoms in total. The van der Waals surface area contributed by atoms with Crippen LogP contribution in [-0.4, -0.2) is 25.3 Å². The Kier molecular flexibility index (Phi) is 8.62. The van der Waals surface area contributed by atoms with E-state index in [1.807, 2.05) is 0 Å². The zero-order valence-electron chi connectivity index (χ0n) is 8.58. The molecule has 0 amide bonds. The minimum absolute atomic E-state index is 0.335. The van der Waals surface area contributed by atoms with Crippen LogP contribution in [0.5, 0.6) is 0 Å². The molecule has 0 bridgehead atoms. The summed E-state index contributed by atoms with van der Waals surface area (Å²) in [7, 11) is 0. The van der Waals surface area contributed by atoms with E-state index in [1.54, 1.807) is 6.92 Å². The normalized spacial score (nSPS) is 10.6. The SMILES string of the molecule is CCCCCCN=CC(=O)OCC. The van der Waals surface area contributed by atoms with E-state index < -0.39 is 0 Å². The van der Waals surface area contributed by atoms with Gasteiger partial charge in [0.15, 0.2) is 0 Å². The molecule has 0 aromatic heterocycles. The second kappa shape index (κ2) is 9.23. The Morgan fingerprint density at radius 3 is 2.69 bits per heavy atom. The smallest absolute Gasteiger partial charge is 0.348 e. The highest BCUT2D eigenvalue weighted by atomic mass is 16.5. The topological polar surface area (TPSA) is 38.7 Å². The Morgan fingerprint density at radius 1 is 1.31 bits per heavy atom. The molecule has 0 saturated carbocycles. The summed E-state index contributed by atoms with van der Waals surface area (Å²) < 4.78 is 4.68. The molecule has 0 aliphatic carbocycles. The maximum atomic E-state index is 10.8. The van der Waals surface area contributed by atoms with Gasteiger partial charge in [-0.25, -0.2) is 4.79 Å². The molecule has 0 aliphatic rings. The molecular formula is C10H19NO2. The van der Waals surface area contributed by atoms with Crippen LogP contribution in [0.3, 0.4) is 0 Å². The molecule has 0 aromatic rings. The van der Waals surface area contributed by atoms with Crippen LogP contribution in [0.2, 0.25) is 0 Å². The van der Waals surface area contributed by atoms with Gasteiger partial charge in [0.25, 0.3) is 0 Å². The van der Waals surface area contributed by atoms with Gasteiger partial charge in [-0.1, -0.05) is 26.2 Å². The number of carbonyl (C=O) groups excluding carboxylic acids is 1. The van der Waals surface area contributed by atoms with Crippen LogP contribution in [0.1, 0.15) is 39.5 Å². The van der Waals surface area contributed by atoms with Gasteiger partial charge in [-0.15, -0.1) is 0 Å². The van der Waals surface area contributed by atoms with E-state index in [0.29, 0.717) is 6.61 Å². The molecule has 0 spiro atoms. The van der Waals surface area contributed by atoms with Crippen molar-refractivity contribution in [1.29, 1.82) is 0 Å². The summed E-state index contributed by atoms with van der Waals surface area (Å²) in [6.07, 6.45) is 5.99. The molecule has 76 valence electrons. The van der Waals surface area contributed by atoms with Crippen molar-refractivity contribution in [3.63, 3.8) is 0 Å². The number of aliphatic imine (C=N–C) groups is 1. The number of unbranched alkanes of at least 4 members (excludes halogenated alkanes) is 3. The zero-order valence-corrected chi connectivity index (χ0v) is 8.58. The third-order valence-electron chi connectivity index (χ3n) is 1.62. The third kappa shape index (κ3) is 9.05. The van der Waals surface area contributed by atoms with Crippen molar-refractivity contribution < 1.29 is 9.53 Å². The number of nitrogens with zero attached hydrogens (tertiary/aromatic N) is 1. The average Bonchev–Trinajstić information content (AvgIpc) is 2.11. The molecule has 0 unspecified atom stereocenters. The van der Waals surface area contributed by atoms with Crippen LogP contribution in [0.4, 0.5) is 0 Å². The first kappa shape index (κ1) is 12.1. The average molecular weight is 185 g/mol. The van der Waals surface area contributed by atoms with Crippen molar-refractivity contribution in [2.24, 2.45) is 4.99 Å². The summed E-state index contributed by atoms with van der Waals surface area (Å²) in [5.41, 5.74) is 0. The first-order valence-electron chi connectivity index (χ1n) is 4.97. The fraction of sp³-hybridized carbons (Fsp3) is 0.800. The van der Waals surface area contributed by atoms with Gasteiger partial charge in [-0.2, -0.15) is 0 Å². The second-order valence-corrected chi connectivity index (χ2v) is 2.85. The van der Waals surface area contributed by atoms with Crippen molar-refractivity contribution in [3.8, 4) is 0 Å². The predicted octanol–water partition coefficient (Wildman–Crippen LogP) is 2.20. The quantitative estimate of drug-likeness (QED) is 0.346. The van der Waals surface area contributed by atoms with Gasteiger partial charge in [-0.05, 0) is 13.3 Å². The molecule has 3 heteroatoms. The second-order valence-electron chi connectivity index (χ2n) is 2.85. The standard InChI is InChI=1S/C10H19NO2/c1-3-5-6-7-8-11-9-10(12)13-4-2/h9H,3-8H2,1-2H3. The Balaban J connectivity index is 3.25. The van der Waals surface area contributed by atoms with E-state index in [9.17, 15) is 4.79 Å². The molecule has 0 fully saturated rings. The molecule has 0 saturated heterocycles. The van der Waals surface area contributed by atoms with Crippen molar-refractivity contribution in [3.05, 3.63) is 0 Å².